The standard InChI is InChI=1S/C14H19ClS/c1-11-7-8-16-14(11)9-13(10-15)12-5-3-2-4-6-12/h7-9,12H,2-6,10H2,1H3. The molecule has 0 nitrogen and oxygen atoms in total. The molecule has 1 aliphatic carbocycles. The second-order valence-corrected chi connectivity index (χ2v) is 5.87. The van der Waals surface area contributed by atoms with E-state index < -0.39 is 0 Å². The second-order valence-electron chi connectivity index (χ2n) is 4.66. The molecule has 0 unspecified atom stereocenters. The van der Waals surface area contributed by atoms with Crippen LogP contribution in [-0.2, 0) is 0 Å². The van der Waals surface area contributed by atoms with Gasteiger partial charge in [0.15, 0.2) is 0 Å². The Hall–Kier alpha value is -0.270. The van der Waals surface area contributed by atoms with Gasteiger partial charge >= 0.3 is 0 Å². The molecule has 1 aliphatic rings. The molecule has 0 bridgehead atoms. The highest BCUT2D eigenvalue weighted by molar-refractivity contribution is 7.11. The summed E-state index contributed by atoms with van der Waals surface area (Å²) in [6.07, 6.45) is 9.17. The van der Waals surface area contributed by atoms with Crippen LogP contribution in [0.5, 0.6) is 0 Å². The van der Waals surface area contributed by atoms with Crippen LogP contribution in [0.3, 0.4) is 0 Å². The third kappa shape index (κ3) is 2.89. The first-order valence-electron chi connectivity index (χ1n) is 6.12. The van der Waals surface area contributed by atoms with Crippen molar-refractivity contribution in [1.82, 2.24) is 0 Å². The SMILES string of the molecule is Cc1ccsc1C=C(CCl)C1CCCCC1. The van der Waals surface area contributed by atoms with Crippen LogP contribution in [0.1, 0.15) is 42.5 Å². The summed E-state index contributed by atoms with van der Waals surface area (Å²) < 4.78 is 0. The van der Waals surface area contributed by atoms with Gasteiger partial charge in [0.1, 0.15) is 0 Å². The molecule has 0 spiro atoms. The molecule has 0 aromatic carbocycles. The van der Waals surface area contributed by atoms with Gasteiger partial charge in [-0.15, -0.1) is 22.9 Å². The van der Waals surface area contributed by atoms with Crippen molar-refractivity contribution in [2.75, 3.05) is 5.88 Å². The minimum absolute atomic E-state index is 0.696. The van der Waals surface area contributed by atoms with Gasteiger partial charge in [-0.3, -0.25) is 0 Å². The quantitative estimate of drug-likeness (QED) is 0.646. The fraction of sp³-hybridized carbons (Fsp3) is 0.571. The lowest BCUT2D eigenvalue weighted by atomic mass is 9.84. The van der Waals surface area contributed by atoms with Crippen LogP contribution in [0.25, 0.3) is 6.08 Å². The Morgan fingerprint density at radius 3 is 2.75 bits per heavy atom. The van der Waals surface area contributed by atoms with Crippen molar-refractivity contribution in [3.63, 3.8) is 0 Å². The number of allylic oxidation sites excluding steroid dienone is 1. The Kier molecular flexibility index (Phi) is 4.48. The number of alkyl halides is 1. The summed E-state index contributed by atoms with van der Waals surface area (Å²) >= 11 is 7.93. The zero-order valence-electron chi connectivity index (χ0n) is 9.84. The molecule has 1 heterocycles. The molecule has 0 aliphatic heterocycles. The maximum atomic E-state index is 6.11. The van der Waals surface area contributed by atoms with E-state index in [9.17, 15) is 0 Å². The average Bonchev–Trinajstić information content (AvgIpc) is 2.73. The topological polar surface area (TPSA) is 0 Å². The minimum atomic E-state index is 0.696. The Morgan fingerprint density at radius 1 is 1.44 bits per heavy atom. The number of rotatable bonds is 3. The van der Waals surface area contributed by atoms with E-state index in [0.717, 1.165) is 5.92 Å². The van der Waals surface area contributed by atoms with E-state index in [1.807, 2.05) is 11.3 Å². The summed E-state index contributed by atoms with van der Waals surface area (Å²) in [7, 11) is 0. The van der Waals surface area contributed by atoms with E-state index in [-0.39, 0.29) is 0 Å². The maximum Gasteiger partial charge on any atom is 0.0439 e. The summed E-state index contributed by atoms with van der Waals surface area (Å²) in [6, 6.07) is 2.18. The van der Waals surface area contributed by atoms with Gasteiger partial charge in [0.05, 0.1) is 0 Å². The first-order chi connectivity index (χ1) is 7.81. The molecule has 0 N–H and O–H groups in total. The molecule has 16 heavy (non-hydrogen) atoms. The highest BCUT2D eigenvalue weighted by Crippen LogP contribution is 2.32. The van der Waals surface area contributed by atoms with Crippen LogP contribution in [0, 0.1) is 12.8 Å². The van der Waals surface area contributed by atoms with Gasteiger partial charge < -0.3 is 0 Å². The molecule has 1 aromatic heterocycles. The van der Waals surface area contributed by atoms with Crippen LogP contribution >= 0.6 is 22.9 Å². The highest BCUT2D eigenvalue weighted by atomic mass is 35.5. The number of halogens is 1. The molecule has 0 radical (unpaired) electrons. The molecule has 1 fully saturated rings. The minimum Gasteiger partial charge on any atom is -0.144 e. The first-order valence-corrected chi connectivity index (χ1v) is 7.53. The molecule has 0 amide bonds. The predicted octanol–water partition coefficient (Wildman–Crippen LogP) is 5.26. The van der Waals surface area contributed by atoms with E-state index in [1.165, 1.54) is 48.1 Å². The van der Waals surface area contributed by atoms with Crippen LogP contribution in [-0.4, -0.2) is 5.88 Å². The molecule has 0 saturated heterocycles. The maximum absolute atomic E-state index is 6.11. The van der Waals surface area contributed by atoms with E-state index in [0.29, 0.717) is 5.88 Å². The Balaban J connectivity index is 2.14. The normalized spacial score (nSPS) is 19.0. The lowest BCUT2D eigenvalue weighted by Gasteiger charge is -2.23. The Bertz CT molecular complexity index is 359. The van der Waals surface area contributed by atoms with Gasteiger partial charge in [-0.25, -0.2) is 0 Å². The Morgan fingerprint density at radius 2 is 2.19 bits per heavy atom. The van der Waals surface area contributed by atoms with Crippen molar-refractivity contribution in [2.45, 2.75) is 39.0 Å². The predicted molar refractivity (Wildman–Crippen MR) is 74.3 cm³/mol. The van der Waals surface area contributed by atoms with Crippen LogP contribution in [0.15, 0.2) is 17.0 Å². The van der Waals surface area contributed by atoms with Crippen molar-refractivity contribution < 1.29 is 0 Å². The fourth-order valence-corrected chi connectivity index (χ4v) is 3.63. The molecular weight excluding hydrogens is 236 g/mol. The van der Waals surface area contributed by atoms with Crippen molar-refractivity contribution in [1.29, 1.82) is 0 Å². The fourth-order valence-electron chi connectivity index (χ4n) is 2.44. The van der Waals surface area contributed by atoms with Gasteiger partial charge in [-0.05, 0) is 48.8 Å². The van der Waals surface area contributed by atoms with Gasteiger partial charge in [0.25, 0.3) is 0 Å². The lowest BCUT2D eigenvalue weighted by molar-refractivity contribution is 0.405. The van der Waals surface area contributed by atoms with Crippen molar-refractivity contribution in [3.05, 3.63) is 27.5 Å². The number of hydrogen-bond acceptors (Lipinski definition) is 1. The van der Waals surface area contributed by atoms with Crippen molar-refractivity contribution in [2.24, 2.45) is 5.92 Å². The molecular formula is C14H19ClS. The number of thiophene rings is 1. The zero-order valence-corrected chi connectivity index (χ0v) is 11.4. The highest BCUT2D eigenvalue weighted by Gasteiger charge is 2.17. The molecule has 1 saturated carbocycles. The van der Waals surface area contributed by atoms with Gasteiger partial charge in [0, 0.05) is 10.8 Å². The van der Waals surface area contributed by atoms with Crippen molar-refractivity contribution in [3.8, 4) is 0 Å². The van der Waals surface area contributed by atoms with E-state index >= 15 is 0 Å². The van der Waals surface area contributed by atoms with Gasteiger partial charge in [0.2, 0.25) is 0 Å². The summed E-state index contributed by atoms with van der Waals surface area (Å²) in [5.41, 5.74) is 2.83. The van der Waals surface area contributed by atoms with Crippen LogP contribution < -0.4 is 0 Å². The van der Waals surface area contributed by atoms with Gasteiger partial charge in [-0.2, -0.15) is 0 Å². The summed E-state index contributed by atoms with van der Waals surface area (Å²) in [5, 5.41) is 2.16. The monoisotopic (exact) mass is 254 g/mol. The molecule has 1 aromatic rings. The first kappa shape index (κ1) is 12.2. The van der Waals surface area contributed by atoms with E-state index in [2.05, 4.69) is 24.4 Å². The smallest absolute Gasteiger partial charge is 0.0439 e. The molecule has 0 atom stereocenters. The van der Waals surface area contributed by atoms with E-state index in [4.69, 9.17) is 11.6 Å². The molecule has 2 rings (SSSR count). The largest absolute Gasteiger partial charge is 0.144 e. The summed E-state index contributed by atoms with van der Waals surface area (Å²) in [5.74, 6) is 1.44. The van der Waals surface area contributed by atoms with Crippen LogP contribution in [0.2, 0.25) is 0 Å². The summed E-state index contributed by atoms with van der Waals surface area (Å²) in [4.78, 5) is 1.39. The van der Waals surface area contributed by atoms with E-state index in [1.54, 1.807) is 0 Å². The lowest BCUT2D eigenvalue weighted by Crippen LogP contribution is -2.10. The number of hydrogen-bond donors (Lipinski definition) is 0. The molecule has 2 heteroatoms. The number of aryl methyl sites for hydroxylation is 1. The third-order valence-electron chi connectivity index (χ3n) is 3.50. The zero-order chi connectivity index (χ0) is 11.4. The van der Waals surface area contributed by atoms with Crippen molar-refractivity contribution >= 4 is 29.0 Å². The molecule has 88 valence electrons. The summed E-state index contributed by atoms with van der Waals surface area (Å²) in [6.45, 7) is 2.18. The van der Waals surface area contributed by atoms with Crippen LogP contribution in [0.4, 0.5) is 0 Å². The van der Waals surface area contributed by atoms with Gasteiger partial charge in [-0.1, -0.05) is 24.8 Å². The second kappa shape index (κ2) is 5.88. The average molecular weight is 255 g/mol. The third-order valence-corrected chi connectivity index (χ3v) is 4.78. The Labute approximate surface area is 107 Å².